The molecule has 4 saturated carbocycles. The SMILES string of the molecule is CC(C)(CC(=O)N[C@H]1C2CC3CC1C[C@](O)(C3)C2)NS(=O)(=O)c1ccc(F)cc1Cl. The van der Waals surface area contributed by atoms with Crippen molar-refractivity contribution in [1.29, 1.82) is 0 Å². The van der Waals surface area contributed by atoms with Crippen molar-refractivity contribution in [3.63, 3.8) is 0 Å². The molecule has 0 heterocycles. The van der Waals surface area contributed by atoms with Crippen LogP contribution in [0.3, 0.4) is 0 Å². The molecule has 6 nitrogen and oxygen atoms in total. The molecule has 30 heavy (non-hydrogen) atoms. The van der Waals surface area contributed by atoms with Crippen molar-refractivity contribution in [1.82, 2.24) is 10.0 Å². The van der Waals surface area contributed by atoms with Crippen molar-refractivity contribution in [2.45, 2.75) is 74.4 Å². The van der Waals surface area contributed by atoms with Gasteiger partial charge in [0.25, 0.3) is 0 Å². The number of carbonyl (C=O) groups is 1. The van der Waals surface area contributed by atoms with E-state index in [9.17, 15) is 22.7 Å². The Morgan fingerprint density at radius 3 is 2.47 bits per heavy atom. The number of hydrogen-bond donors (Lipinski definition) is 3. The molecule has 4 aliphatic carbocycles. The number of amides is 1. The normalized spacial score (nSPS) is 33.0. The zero-order valence-electron chi connectivity index (χ0n) is 17.1. The zero-order valence-corrected chi connectivity index (χ0v) is 18.7. The average molecular weight is 459 g/mol. The van der Waals surface area contributed by atoms with Crippen molar-refractivity contribution in [3.8, 4) is 0 Å². The third-order valence-electron chi connectivity index (χ3n) is 6.77. The molecule has 9 heteroatoms. The zero-order chi connectivity index (χ0) is 21.9. The molecule has 3 N–H and O–H groups in total. The first-order chi connectivity index (χ1) is 13.9. The number of halogens is 2. The Hall–Kier alpha value is -1.22. The molecule has 2 atom stereocenters. The largest absolute Gasteiger partial charge is 0.390 e. The molecular formula is C21H28ClFN2O4S. The van der Waals surface area contributed by atoms with Gasteiger partial charge < -0.3 is 10.4 Å². The number of carbonyl (C=O) groups excluding carboxylic acids is 1. The van der Waals surface area contributed by atoms with Crippen LogP contribution in [0.15, 0.2) is 23.1 Å². The molecule has 1 amide bonds. The van der Waals surface area contributed by atoms with E-state index in [0.29, 0.717) is 5.92 Å². The Kier molecular flexibility index (Phi) is 5.45. The van der Waals surface area contributed by atoms with Crippen LogP contribution in [0.25, 0.3) is 0 Å². The highest BCUT2D eigenvalue weighted by atomic mass is 35.5. The quantitative estimate of drug-likeness (QED) is 0.610. The smallest absolute Gasteiger partial charge is 0.242 e. The standard InChI is InChI=1S/C21H28ClFN2O4S/c1-20(2,25-30(28,29)17-4-3-15(23)7-16(17)22)11-18(26)24-19-13-5-12-6-14(19)10-21(27,8-12)9-13/h3-4,7,12-14,19,25,27H,5-6,8-11H2,1-2H3,(H,24,26)/t12?,13?,14?,19-,21-. The molecule has 0 saturated heterocycles. The molecule has 4 bridgehead atoms. The third kappa shape index (κ3) is 4.38. The van der Waals surface area contributed by atoms with Crippen LogP contribution in [0.4, 0.5) is 4.39 Å². The summed E-state index contributed by atoms with van der Waals surface area (Å²) in [7, 11) is -4.03. The summed E-state index contributed by atoms with van der Waals surface area (Å²) < 4.78 is 41.2. The van der Waals surface area contributed by atoms with Crippen molar-refractivity contribution in [2.75, 3.05) is 0 Å². The van der Waals surface area contributed by atoms with Gasteiger partial charge in [-0.3, -0.25) is 4.79 Å². The van der Waals surface area contributed by atoms with Crippen molar-refractivity contribution >= 4 is 27.5 Å². The van der Waals surface area contributed by atoms with Gasteiger partial charge in [0, 0.05) is 18.0 Å². The first-order valence-corrected chi connectivity index (χ1v) is 12.2. The van der Waals surface area contributed by atoms with E-state index in [-0.39, 0.29) is 40.1 Å². The molecular weight excluding hydrogens is 431 g/mol. The summed E-state index contributed by atoms with van der Waals surface area (Å²) in [6.07, 6.45) is 4.34. The molecule has 0 spiro atoms. The predicted molar refractivity (Wildman–Crippen MR) is 111 cm³/mol. The minimum atomic E-state index is -4.03. The second-order valence-electron chi connectivity index (χ2n) is 10.0. The van der Waals surface area contributed by atoms with E-state index in [1.165, 1.54) is 0 Å². The number of nitrogens with one attached hydrogen (secondary N) is 2. The summed E-state index contributed by atoms with van der Waals surface area (Å²) in [5.41, 5.74) is -1.63. The Labute approximate surface area is 181 Å². The number of benzene rings is 1. The highest BCUT2D eigenvalue weighted by Gasteiger charge is 2.55. The monoisotopic (exact) mass is 458 g/mol. The molecule has 166 valence electrons. The highest BCUT2D eigenvalue weighted by Crippen LogP contribution is 2.55. The van der Waals surface area contributed by atoms with E-state index >= 15 is 0 Å². The Morgan fingerprint density at radius 1 is 1.27 bits per heavy atom. The molecule has 0 radical (unpaired) electrons. The molecule has 2 unspecified atom stereocenters. The summed E-state index contributed by atoms with van der Waals surface area (Å²) in [5.74, 6) is 0.255. The van der Waals surface area contributed by atoms with Gasteiger partial charge in [-0.05, 0) is 81.9 Å². The fourth-order valence-electron chi connectivity index (χ4n) is 6.00. The van der Waals surface area contributed by atoms with Crippen LogP contribution in [0.1, 0.15) is 52.4 Å². The van der Waals surface area contributed by atoms with E-state index in [1.54, 1.807) is 13.8 Å². The number of aliphatic hydroxyl groups is 1. The first kappa shape index (κ1) is 22.0. The maximum Gasteiger partial charge on any atom is 0.242 e. The van der Waals surface area contributed by atoms with Crippen LogP contribution in [0, 0.1) is 23.6 Å². The van der Waals surface area contributed by atoms with Gasteiger partial charge in [0.15, 0.2) is 0 Å². The lowest BCUT2D eigenvalue weighted by atomic mass is 9.52. The number of rotatable bonds is 6. The van der Waals surface area contributed by atoms with E-state index < -0.39 is 27.0 Å². The maximum absolute atomic E-state index is 13.2. The maximum atomic E-state index is 13.2. The van der Waals surface area contributed by atoms with Crippen molar-refractivity contribution in [3.05, 3.63) is 29.0 Å². The molecule has 1 aromatic rings. The van der Waals surface area contributed by atoms with Gasteiger partial charge in [-0.15, -0.1) is 0 Å². The van der Waals surface area contributed by atoms with Gasteiger partial charge in [-0.1, -0.05) is 11.6 Å². The Morgan fingerprint density at radius 2 is 1.90 bits per heavy atom. The second-order valence-corrected chi connectivity index (χ2v) is 12.1. The molecule has 0 aromatic heterocycles. The van der Waals surface area contributed by atoms with Gasteiger partial charge in [0.2, 0.25) is 15.9 Å². The molecule has 1 aromatic carbocycles. The minimum absolute atomic E-state index is 0.0354. The highest BCUT2D eigenvalue weighted by molar-refractivity contribution is 7.89. The fourth-order valence-corrected chi connectivity index (χ4v) is 7.95. The molecule has 5 rings (SSSR count). The van der Waals surface area contributed by atoms with Gasteiger partial charge in [0.05, 0.1) is 10.6 Å². The lowest BCUT2D eigenvalue weighted by Crippen LogP contribution is -2.62. The van der Waals surface area contributed by atoms with Crippen LogP contribution in [-0.2, 0) is 14.8 Å². The summed E-state index contributed by atoms with van der Waals surface area (Å²) in [6, 6.07) is 3.11. The summed E-state index contributed by atoms with van der Waals surface area (Å²) in [6.45, 7) is 3.25. The lowest BCUT2D eigenvalue weighted by Gasteiger charge is -2.58. The third-order valence-corrected chi connectivity index (χ3v) is 8.95. The topological polar surface area (TPSA) is 95.5 Å². The second kappa shape index (κ2) is 7.43. The van der Waals surface area contributed by atoms with Gasteiger partial charge in [-0.25, -0.2) is 17.5 Å². The predicted octanol–water partition coefficient (Wildman–Crippen LogP) is 2.98. The summed E-state index contributed by atoms with van der Waals surface area (Å²) in [5, 5.41) is 13.6. The summed E-state index contributed by atoms with van der Waals surface area (Å²) in [4.78, 5) is 12.6. The van der Waals surface area contributed by atoms with Crippen molar-refractivity contribution < 1.29 is 22.7 Å². The fraction of sp³-hybridized carbons (Fsp3) is 0.667. The Bertz CT molecular complexity index is 952. The van der Waals surface area contributed by atoms with Crippen LogP contribution >= 0.6 is 11.6 Å². The lowest BCUT2D eigenvalue weighted by molar-refractivity contribution is -0.147. The van der Waals surface area contributed by atoms with E-state index in [4.69, 9.17) is 11.6 Å². The van der Waals surface area contributed by atoms with E-state index in [1.807, 2.05) is 0 Å². The van der Waals surface area contributed by atoms with Gasteiger partial charge in [0.1, 0.15) is 10.7 Å². The van der Waals surface area contributed by atoms with E-state index in [2.05, 4.69) is 10.0 Å². The first-order valence-electron chi connectivity index (χ1n) is 10.4. The van der Waals surface area contributed by atoms with Gasteiger partial charge in [-0.2, -0.15) is 0 Å². The average Bonchev–Trinajstić information content (AvgIpc) is 2.54. The minimum Gasteiger partial charge on any atom is -0.390 e. The van der Waals surface area contributed by atoms with Crippen LogP contribution < -0.4 is 10.0 Å². The molecule has 0 aliphatic heterocycles. The Balaban J connectivity index is 1.40. The van der Waals surface area contributed by atoms with Crippen LogP contribution in [0.5, 0.6) is 0 Å². The van der Waals surface area contributed by atoms with Crippen LogP contribution in [0.2, 0.25) is 5.02 Å². The van der Waals surface area contributed by atoms with E-state index in [0.717, 1.165) is 50.3 Å². The molecule has 4 fully saturated rings. The number of sulfonamides is 1. The number of hydrogen-bond acceptors (Lipinski definition) is 4. The summed E-state index contributed by atoms with van der Waals surface area (Å²) >= 11 is 5.90. The van der Waals surface area contributed by atoms with Crippen molar-refractivity contribution in [2.24, 2.45) is 17.8 Å². The molecule has 4 aliphatic rings. The van der Waals surface area contributed by atoms with Crippen LogP contribution in [-0.4, -0.2) is 36.6 Å². The van der Waals surface area contributed by atoms with Gasteiger partial charge >= 0.3 is 0 Å².